The number of rotatable bonds is 5. The fourth-order valence-electron chi connectivity index (χ4n) is 1.92. The molecule has 3 nitrogen and oxygen atoms in total. The Balaban J connectivity index is 1.92. The van der Waals surface area contributed by atoms with Gasteiger partial charge in [0.05, 0.1) is 22.7 Å². The Morgan fingerprint density at radius 2 is 1.71 bits per heavy atom. The van der Waals surface area contributed by atoms with E-state index in [0.29, 0.717) is 22.2 Å². The average Bonchev–Trinajstić information content (AvgIpc) is 2.48. The number of methoxy groups -OCH3 is 1. The predicted octanol–water partition coefficient (Wildman–Crippen LogP) is 3.97. The van der Waals surface area contributed by atoms with E-state index in [-0.39, 0.29) is 5.91 Å². The zero-order valence-corrected chi connectivity index (χ0v) is 13.0. The van der Waals surface area contributed by atoms with E-state index in [1.54, 1.807) is 25.3 Å². The molecule has 1 amide bonds. The first-order valence-corrected chi connectivity index (χ1v) is 7.22. The molecule has 110 valence electrons. The highest BCUT2D eigenvalue weighted by atomic mass is 35.5. The molecule has 0 spiro atoms. The van der Waals surface area contributed by atoms with Crippen LogP contribution >= 0.6 is 23.2 Å². The van der Waals surface area contributed by atoms with Crippen LogP contribution in [0.15, 0.2) is 42.5 Å². The summed E-state index contributed by atoms with van der Waals surface area (Å²) in [6, 6.07) is 12.7. The molecule has 2 aromatic carbocycles. The van der Waals surface area contributed by atoms with Crippen molar-refractivity contribution in [3.8, 4) is 5.75 Å². The van der Waals surface area contributed by atoms with Crippen LogP contribution in [0.4, 0.5) is 0 Å². The number of ether oxygens (including phenoxy) is 1. The minimum absolute atomic E-state index is 0.265. The van der Waals surface area contributed by atoms with Crippen molar-refractivity contribution in [3.05, 3.63) is 63.6 Å². The molecular formula is C16H15Cl2NO2. The zero-order chi connectivity index (χ0) is 15.2. The summed E-state index contributed by atoms with van der Waals surface area (Å²) in [6.07, 6.45) is 0.720. The highest BCUT2D eigenvalue weighted by molar-refractivity contribution is 6.39. The van der Waals surface area contributed by atoms with E-state index in [1.807, 2.05) is 24.3 Å². The van der Waals surface area contributed by atoms with E-state index in [9.17, 15) is 4.79 Å². The van der Waals surface area contributed by atoms with Crippen molar-refractivity contribution < 1.29 is 9.53 Å². The smallest absolute Gasteiger partial charge is 0.254 e. The van der Waals surface area contributed by atoms with Crippen molar-refractivity contribution in [3.63, 3.8) is 0 Å². The lowest BCUT2D eigenvalue weighted by atomic mass is 10.1. The van der Waals surface area contributed by atoms with E-state index < -0.39 is 0 Å². The van der Waals surface area contributed by atoms with E-state index in [4.69, 9.17) is 27.9 Å². The summed E-state index contributed by atoms with van der Waals surface area (Å²) in [6.45, 7) is 0.507. The number of carbonyl (C=O) groups is 1. The Bertz CT molecular complexity index is 606. The maximum Gasteiger partial charge on any atom is 0.254 e. The van der Waals surface area contributed by atoms with Gasteiger partial charge in [0, 0.05) is 6.54 Å². The number of hydrogen-bond donors (Lipinski definition) is 1. The maximum atomic E-state index is 12.1. The summed E-state index contributed by atoms with van der Waals surface area (Å²) < 4.78 is 5.10. The van der Waals surface area contributed by atoms with E-state index in [1.165, 1.54) is 0 Å². The molecule has 0 fully saturated rings. The van der Waals surface area contributed by atoms with Crippen LogP contribution in [0.25, 0.3) is 0 Å². The standard InChI is InChI=1S/C16H15Cl2NO2/c1-21-12-7-5-11(6-8-12)9-10-19-16(20)15-13(17)3-2-4-14(15)18/h2-8H,9-10H2,1H3,(H,19,20). The molecule has 0 aliphatic rings. The lowest BCUT2D eigenvalue weighted by molar-refractivity contribution is 0.0954. The van der Waals surface area contributed by atoms with Crippen LogP contribution in [0, 0.1) is 0 Å². The second-order valence-electron chi connectivity index (χ2n) is 4.45. The Morgan fingerprint density at radius 1 is 1.10 bits per heavy atom. The third kappa shape index (κ3) is 4.13. The minimum Gasteiger partial charge on any atom is -0.497 e. The molecule has 0 radical (unpaired) electrons. The monoisotopic (exact) mass is 323 g/mol. The quantitative estimate of drug-likeness (QED) is 0.904. The number of nitrogens with one attached hydrogen (secondary N) is 1. The van der Waals surface area contributed by atoms with Crippen LogP contribution < -0.4 is 10.1 Å². The summed E-state index contributed by atoms with van der Waals surface area (Å²) in [7, 11) is 1.63. The first kappa shape index (κ1) is 15.7. The fraction of sp³-hybridized carbons (Fsp3) is 0.188. The van der Waals surface area contributed by atoms with Gasteiger partial charge in [0.25, 0.3) is 5.91 Å². The molecule has 2 rings (SSSR count). The van der Waals surface area contributed by atoms with Crippen LogP contribution in [-0.2, 0) is 6.42 Å². The Kier molecular flexibility index (Phi) is 5.48. The van der Waals surface area contributed by atoms with Crippen LogP contribution in [0.3, 0.4) is 0 Å². The van der Waals surface area contributed by atoms with Crippen LogP contribution in [0.5, 0.6) is 5.75 Å². The van der Waals surface area contributed by atoms with Gasteiger partial charge in [-0.1, -0.05) is 41.4 Å². The molecule has 0 aliphatic heterocycles. The Morgan fingerprint density at radius 3 is 2.29 bits per heavy atom. The summed E-state index contributed by atoms with van der Waals surface area (Å²) in [5, 5.41) is 3.52. The van der Waals surface area contributed by atoms with Gasteiger partial charge in [-0.25, -0.2) is 0 Å². The van der Waals surface area contributed by atoms with Crippen molar-refractivity contribution >= 4 is 29.1 Å². The fourth-order valence-corrected chi connectivity index (χ4v) is 2.48. The molecule has 0 bridgehead atoms. The molecule has 2 aromatic rings. The number of amides is 1. The first-order valence-electron chi connectivity index (χ1n) is 6.47. The minimum atomic E-state index is -0.265. The summed E-state index contributed by atoms with van der Waals surface area (Å²) in [5.74, 6) is 0.546. The second kappa shape index (κ2) is 7.34. The summed E-state index contributed by atoms with van der Waals surface area (Å²) in [5.41, 5.74) is 1.43. The Hall–Kier alpha value is -1.71. The number of benzene rings is 2. The third-order valence-electron chi connectivity index (χ3n) is 3.05. The molecule has 0 aromatic heterocycles. The van der Waals surface area contributed by atoms with Crippen LogP contribution in [-0.4, -0.2) is 19.6 Å². The highest BCUT2D eigenvalue weighted by Gasteiger charge is 2.13. The SMILES string of the molecule is COc1ccc(CCNC(=O)c2c(Cl)cccc2Cl)cc1. The van der Waals surface area contributed by atoms with Gasteiger partial charge in [-0.15, -0.1) is 0 Å². The maximum absolute atomic E-state index is 12.1. The van der Waals surface area contributed by atoms with Crippen LogP contribution in [0.1, 0.15) is 15.9 Å². The van der Waals surface area contributed by atoms with Gasteiger partial charge in [0.2, 0.25) is 0 Å². The van der Waals surface area contributed by atoms with E-state index >= 15 is 0 Å². The number of halogens is 2. The van der Waals surface area contributed by atoms with E-state index in [0.717, 1.165) is 17.7 Å². The highest BCUT2D eigenvalue weighted by Crippen LogP contribution is 2.23. The van der Waals surface area contributed by atoms with Gasteiger partial charge in [-0.3, -0.25) is 4.79 Å². The second-order valence-corrected chi connectivity index (χ2v) is 5.27. The molecule has 1 N–H and O–H groups in total. The first-order chi connectivity index (χ1) is 10.1. The van der Waals surface area contributed by atoms with Crippen LogP contribution in [0.2, 0.25) is 10.0 Å². The molecule has 0 heterocycles. The van der Waals surface area contributed by atoms with E-state index in [2.05, 4.69) is 5.32 Å². The topological polar surface area (TPSA) is 38.3 Å². The van der Waals surface area contributed by atoms with Gasteiger partial charge in [-0.05, 0) is 36.2 Å². The third-order valence-corrected chi connectivity index (χ3v) is 3.68. The van der Waals surface area contributed by atoms with Crippen molar-refractivity contribution in [2.75, 3.05) is 13.7 Å². The molecule has 0 unspecified atom stereocenters. The molecule has 0 saturated carbocycles. The molecule has 0 saturated heterocycles. The lowest BCUT2D eigenvalue weighted by Crippen LogP contribution is -2.26. The Labute approximate surface area is 133 Å². The van der Waals surface area contributed by atoms with Gasteiger partial charge in [-0.2, -0.15) is 0 Å². The molecule has 0 aliphatic carbocycles. The van der Waals surface area contributed by atoms with Gasteiger partial charge < -0.3 is 10.1 Å². The van der Waals surface area contributed by atoms with Crippen molar-refractivity contribution in [1.82, 2.24) is 5.32 Å². The van der Waals surface area contributed by atoms with Crippen molar-refractivity contribution in [1.29, 1.82) is 0 Å². The molecule has 5 heteroatoms. The van der Waals surface area contributed by atoms with Gasteiger partial charge in [0.1, 0.15) is 5.75 Å². The normalized spacial score (nSPS) is 10.2. The summed E-state index contributed by atoms with van der Waals surface area (Å²) >= 11 is 12.0. The zero-order valence-electron chi connectivity index (χ0n) is 11.5. The number of hydrogen-bond acceptors (Lipinski definition) is 2. The average molecular weight is 324 g/mol. The molecule has 21 heavy (non-hydrogen) atoms. The summed E-state index contributed by atoms with van der Waals surface area (Å²) in [4.78, 5) is 12.1. The van der Waals surface area contributed by atoms with Gasteiger partial charge in [0.15, 0.2) is 0 Å². The van der Waals surface area contributed by atoms with Crippen molar-refractivity contribution in [2.24, 2.45) is 0 Å². The van der Waals surface area contributed by atoms with Gasteiger partial charge >= 0.3 is 0 Å². The lowest BCUT2D eigenvalue weighted by Gasteiger charge is -2.08. The molecular weight excluding hydrogens is 309 g/mol. The predicted molar refractivity (Wildman–Crippen MR) is 85.5 cm³/mol. The van der Waals surface area contributed by atoms with Crippen molar-refractivity contribution in [2.45, 2.75) is 6.42 Å². The molecule has 0 atom stereocenters. The largest absolute Gasteiger partial charge is 0.497 e. The number of carbonyl (C=O) groups excluding carboxylic acids is 1.